The number of hydrogen-bond acceptors (Lipinski definition) is 3. The van der Waals surface area contributed by atoms with Crippen LogP contribution >= 0.6 is 11.6 Å². The lowest BCUT2D eigenvalue weighted by Gasteiger charge is -2.19. The molecule has 0 amide bonds. The summed E-state index contributed by atoms with van der Waals surface area (Å²) in [4.78, 5) is 11.1. The number of hydrogen-bond donors (Lipinski definition) is 1. The van der Waals surface area contributed by atoms with Gasteiger partial charge in [0.15, 0.2) is 11.5 Å². The van der Waals surface area contributed by atoms with Crippen LogP contribution in [0.4, 0.5) is 0 Å². The average molecular weight is 325 g/mol. The SMILES string of the molecule is COc1cc(C(CC(=O)O)C2CC2)cc(Cl)c1OCC1CC1. The molecular weight excluding hydrogens is 304 g/mol. The van der Waals surface area contributed by atoms with Crippen molar-refractivity contribution in [1.82, 2.24) is 0 Å². The molecule has 2 aliphatic carbocycles. The molecule has 1 unspecified atom stereocenters. The van der Waals surface area contributed by atoms with Crippen LogP contribution in [0.15, 0.2) is 12.1 Å². The molecule has 1 N–H and O–H groups in total. The van der Waals surface area contributed by atoms with Crippen molar-refractivity contribution in [3.8, 4) is 11.5 Å². The average Bonchev–Trinajstić information content (AvgIpc) is 3.36. The van der Waals surface area contributed by atoms with Gasteiger partial charge < -0.3 is 14.6 Å². The number of carbonyl (C=O) groups is 1. The summed E-state index contributed by atoms with van der Waals surface area (Å²) in [5.41, 5.74) is 0.936. The molecule has 0 saturated heterocycles. The molecule has 0 radical (unpaired) electrons. The van der Waals surface area contributed by atoms with Gasteiger partial charge in [0.1, 0.15) is 0 Å². The predicted octanol–water partition coefficient (Wildman–Crippen LogP) is 4.11. The van der Waals surface area contributed by atoms with Gasteiger partial charge in [-0.2, -0.15) is 0 Å². The van der Waals surface area contributed by atoms with Gasteiger partial charge in [-0.15, -0.1) is 0 Å². The Morgan fingerprint density at radius 3 is 2.64 bits per heavy atom. The molecule has 2 fully saturated rings. The number of carboxylic acids is 1. The van der Waals surface area contributed by atoms with Crippen LogP contribution in [-0.2, 0) is 4.79 Å². The molecule has 0 aliphatic heterocycles. The van der Waals surface area contributed by atoms with Crippen molar-refractivity contribution < 1.29 is 19.4 Å². The van der Waals surface area contributed by atoms with E-state index in [9.17, 15) is 4.79 Å². The van der Waals surface area contributed by atoms with Gasteiger partial charge in [-0.25, -0.2) is 0 Å². The lowest BCUT2D eigenvalue weighted by Crippen LogP contribution is -2.09. The lowest BCUT2D eigenvalue weighted by atomic mass is 9.91. The fourth-order valence-corrected chi connectivity index (χ4v) is 3.10. The summed E-state index contributed by atoms with van der Waals surface area (Å²) in [7, 11) is 1.59. The van der Waals surface area contributed by atoms with Crippen LogP contribution in [0, 0.1) is 11.8 Å². The molecule has 0 bridgehead atoms. The second-order valence-electron chi connectivity index (χ2n) is 6.33. The smallest absolute Gasteiger partial charge is 0.303 e. The highest BCUT2D eigenvalue weighted by atomic mass is 35.5. The van der Waals surface area contributed by atoms with E-state index in [1.807, 2.05) is 12.1 Å². The van der Waals surface area contributed by atoms with Crippen molar-refractivity contribution >= 4 is 17.6 Å². The number of halogens is 1. The Labute approximate surface area is 135 Å². The number of carboxylic acid groups (broad SMARTS) is 1. The largest absolute Gasteiger partial charge is 0.493 e. The zero-order chi connectivity index (χ0) is 15.7. The van der Waals surface area contributed by atoms with E-state index in [2.05, 4.69) is 0 Å². The Kier molecular flexibility index (Phi) is 4.48. The van der Waals surface area contributed by atoms with Gasteiger partial charge in [0, 0.05) is 0 Å². The molecular formula is C17H21ClO4. The zero-order valence-electron chi connectivity index (χ0n) is 12.7. The van der Waals surface area contributed by atoms with Gasteiger partial charge in [-0.05, 0) is 61.1 Å². The van der Waals surface area contributed by atoms with Crippen molar-refractivity contribution in [3.05, 3.63) is 22.7 Å². The molecule has 1 atom stereocenters. The van der Waals surface area contributed by atoms with Gasteiger partial charge in [0.2, 0.25) is 0 Å². The molecule has 2 saturated carbocycles. The molecule has 0 heterocycles. The first-order valence-corrected chi connectivity index (χ1v) is 8.18. The number of methoxy groups -OCH3 is 1. The maximum Gasteiger partial charge on any atom is 0.303 e. The highest BCUT2D eigenvalue weighted by Crippen LogP contribution is 2.48. The maximum absolute atomic E-state index is 11.1. The summed E-state index contributed by atoms with van der Waals surface area (Å²) in [5.74, 6) is 1.47. The van der Waals surface area contributed by atoms with Crippen molar-refractivity contribution in [2.24, 2.45) is 11.8 Å². The Bertz CT molecular complexity index is 564. The van der Waals surface area contributed by atoms with E-state index in [4.69, 9.17) is 26.2 Å². The monoisotopic (exact) mass is 324 g/mol. The second kappa shape index (κ2) is 6.37. The summed E-state index contributed by atoms with van der Waals surface area (Å²) < 4.78 is 11.2. The van der Waals surface area contributed by atoms with E-state index in [0.29, 0.717) is 35.0 Å². The quantitative estimate of drug-likeness (QED) is 0.782. The topological polar surface area (TPSA) is 55.8 Å². The second-order valence-corrected chi connectivity index (χ2v) is 6.74. The molecule has 1 aromatic carbocycles. The lowest BCUT2D eigenvalue weighted by molar-refractivity contribution is -0.137. The molecule has 4 nitrogen and oxygen atoms in total. The normalized spacial score (nSPS) is 18.8. The van der Waals surface area contributed by atoms with Crippen LogP contribution in [0.1, 0.15) is 43.6 Å². The van der Waals surface area contributed by atoms with Crippen LogP contribution in [0.25, 0.3) is 0 Å². The summed E-state index contributed by atoms with van der Waals surface area (Å²) in [6, 6.07) is 3.73. The number of aliphatic carboxylic acids is 1. The van der Waals surface area contributed by atoms with Crippen LogP contribution in [0.5, 0.6) is 11.5 Å². The fraction of sp³-hybridized carbons (Fsp3) is 0.588. The van der Waals surface area contributed by atoms with Crippen molar-refractivity contribution in [1.29, 1.82) is 0 Å². The minimum Gasteiger partial charge on any atom is -0.493 e. The van der Waals surface area contributed by atoms with Crippen molar-refractivity contribution in [3.63, 3.8) is 0 Å². The first-order chi connectivity index (χ1) is 10.6. The fourth-order valence-electron chi connectivity index (χ4n) is 2.82. The van der Waals surface area contributed by atoms with Crippen LogP contribution in [0.2, 0.25) is 5.02 Å². The molecule has 120 valence electrons. The van der Waals surface area contributed by atoms with E-state index in [1.165, 1.54) is 12.8 Å². The maximum atomic E-state index is 11.1. The Balaban J connectivity index is 1.84. The van der Waals surface area contributed by atoms with E-state index in [0.717, 1.165) is 18.4 Å². The third-order valence-corrected chi connectivity index (χ3v) is 4.71. The molecule has 3 rings (SSSR count). The summed E-state index contributed by atoms with van der Waals surface area (Å²) in [5, 5.41) is 9.64. The molecule has 1 aromatic rings. The molecule has 5 heteroatoms. The Morgan fingerprint density at radius 1 is 1.36 bits per heavy atom. The minimum atomic E-state index is -0.777. The van der Waals surface area contributed by atoms with Gasteiger partial charge in [0.05, 0.1) is 25.2 Å². The Morgan fingerprint density at radius 2 is 2.09 bits per heavy atom. The van der Waals surface area contributed by atoms with E-state index >= 15 is 0 Å². The molecule has 0 spiro atoms. The predicted molar refractivity (Wildman–Crippen MR) is 83.9 cm³/mol. The van der Waals surface area contributed by atoms with Crippen molar-refractivity contribution in [2.75, 3.05) is 13.7 Å². The standard InChI is InChI=1S/C17H21ClO4/c1-21-15-7-12(13(8-16(19)20)11-4-5-11)6-14(18)17(15)22-9-10-2-3-10/h6-7,10-11,13H,2-5,8-9H2,1H3,(H,19,20). The van der Waals surface area contributed by atoms with E-state index in [1.54, 1.807) is 7.11 Å². The van der Waals surface area contributed by atoms with Crippen molar-refractivity contribution in [2.45, 2.75) is 38.0 Å². The summed E-state index contributed by atoms with van der Waals surface area (Å²) in [6.07, 6.45) is 4.71. The van der Waals surface area contributed by atoms with Gasteiger partial charge in [-0.3, -0.25) is 4.79 Å². The molecule has 22 heavy (non-hydrogen) atoms. The highest BCUT2D eigenvalue weighted by Gasteiger charge is 2.34. The Hall–Kier alpha value is -1.42. The molecule has 2 aliphatic rings. The van der Waals surface area contributed by atoms with Gasteiger partial charge >= 0.3 is 5.97 Å². The van der Waals surface area contributed by atoms with Gasteiger partial charge in [0.25, 0.3) is 0 Å². The van der Waals surface area contributed by atoms with Crippen LogP contribution < -0.4 is 9.47 Å². The van der Waals surface area contributed by atoms with E-state index in [-0.39, 0.29) is 12.3 Å². The first-order valence-electron chi connectivity index (χ1n) is 7.80. The summed E-state index contributed by atoms with van der Waals surface area (Å²) >= 11 is 6.37. The van der Waals surface area contributed by atoms with E-state index < -0.39 is 5.97 Å². The third kappa shape index (κ3) is 3.67. The number of benzene rings is 1. The van der Waals surface area contributed by atoms with Crippen LogP contribution in [-0.4, -0.2) is 24.8 Å². The number of rotatable bonds is 8. The molecule has 0 aromatic heterocycles. The van der Waals surface area contributed by atoms with Gasteiger partial charge in [-0.1, -0.05) is 11.6 Å². The summed E-state index contributed by atoms with van der Waals surface area (Å²) in [6.45, 7) is 0.663. The zero-order valence-corrected chi connectivity index (χ0v) is 13.4. The number of ether oxygens (including phenoxy) is 2. The third-order valence-electron chi connectivity index (χ3n) is 4.43. The van der Waals surface area contributed by atoms with Crippen LogP contribution in [0.3, 0.4) is 0 Å². The first kappa shape index (κ1) is 15.5. The minimum absolute atomic E-state index is 0.00128. The highest BCUT2D eigenvalue weighted by molar-refractivity contribution is 6.32.